The fourth-order valence-corrected chi connectivity index (χ4v) is 2.65. The lowest BCUT2D eigenvalue weighted by atomic mass is 10.2. The van der Waals surface area contributed by atoms with Gasteiger partial charge in [0.25, 0.3) is 0 Å². The summed E-state index contributed by atoms with van der Waals surface area (Å²) in [4.78, 5) is 28.5. The van der Waals surface area contributed by atoms with Gasteiger partial charge in [-0.3, -0.25) is 0 Å². The van der Waals surface area contributed by atoms with Gasteiger partial charge >= 0.3 is 12.1 Å². The van der Waals surface area contributed by atoms with E-state index < -0.39 is 12.1 Å². The second-order valence-corrected chi connectivity index (χ2v) is 4.94. The molecule has 1 aromatic rings. The molecular formula is C12H14BrN3O4. The van der Waals surface area contributed by atoms with E-state index in [-0.39, 0.29) is 12.3 Å². The van der Waals surface area contributed by atoms with Crippen LogP contribution in [0.3, 0.4) is 0 Å². The molecule has 20 heavy (non-hydrogen) atoms. The van der Waals surface area contributed by atoms with E-state index >= 15 is 0 Å². The predicted molar refractivity (Wildman–Crippen MR) is 73.7 cm³/mol. The summed E-state index contributed by atoms with van der Waals surface area (Å²) in [6, 6.07) is 0. The molecule has 1 aromatic heterocycles. The lowest BCUT2D eigenvalue weighted by Gasteiger charge is -2.18. The Hall–Kier alpha value is -1.83. The number of hydrogen-bond donors (Lipinski definition) is 1. The van der Waals surface area contributed by atoms with Gasteiger partial charge in [0, 0.05) is 26.1 Å². The van der Waals surface area contributed by atoms with Gasteiger partial charge in [-0.25, -0.2) is 14.6 Å². The SMILES string of the molecule is C=CCOC(=O)N1CCc2c(C(=O)O)nc(Br)n2CC1. The van der Waals surface area contributed by atoms with E-state index in [1.165, 1.54) is 6.08 Å². The number of rotatable bonds is 3. The Morgan fingerprint density at radius 2 is 2.20 bits per heavy atom. The molecule has 2 rings (SSSR count). The van der Waals surface area contributed by atoms with Crippen LogP contribution in [-0.4, -0.2) is 51.3 Å². The Kier molecular flexibility index (Phi) is 4.43. The van der Waals surface area contributed by atoms with Gasteiger partial charge in [-0.05, 0) is 15.9 Å². The highest BCUT2D eigenvalue weighted by Crippen LogP contribution is 2.20. The highest BCUT2D eigenvalue weighted by Gasteiger charge is 2.26. The molecule has 0 spiro atoms. The zero-order chi connectivity index (χ0) is 14.7. The van der Waals surface area contributed by atoms with Crippen molar-refractivity contribution in [3.63, 3.8) is 0 Å². The van der Waals surface area contributed by atoms with Crippen molar-refractivity contribution in [3.8, 4) is 0 Å². The number of aromatic carboxylic acids is 1. The number of ether oxygens (including phenoxy) is 1. The van der Waals surface area contributed by atoms with Crippen LogP contribution in [0.1, 0.15) is 16.2 Å². The second-order valence-electron chi connectivity index (χ2n) is 4.24. The summed E-state index contributed by atoms with van der Waals surface area (Å²) >= 11 is 3.25. The molecule has 0 radical (unpaired) electrons. The van der Waals surface area contributed by atoms with Crippen LogP contribution < -0.4 is 0 Å². The van der Waals surface area contributed by atoms with Crippen LogP contribution in [0.2, 0.25) is 0 Å². The molecule has 1 amide bonds. The van der Waals surface area contributed by atoms with Gasteiger partial charge in [0.1, 0.15) is 6.61 Å². The maximum absolute atomic E-state index is 11.8. The van der Waals surface area contributed by atoms with Crippen molar-refractivity contribution in [1.82, 2.24) is 14.5 Å². The van der Waals surface area contributed by atoms with Crippen LogP contribution in [-0.2, 0) is 17.7 Å². The van der Waals surface area contributed by atoms with Crippen molar-refractivity contribution in [2.75, 3.05) is 19.7 Å². The van der Waals surface area contributed by atoms with Crippen molar-refractivity contribution in [2.24, 2.45) is 0 Å². The van der Waals surface area contributed by atoms with Gasteiger partial charge < -0.3 is 19.3 Å². The van der Waals surface area contributed by atoms with Crippen LogP contribution >= 0.6 is 15.9 Å². The molecule has 0 bridgehead atoms. The maximum atomic E-state index is 11.8. The van der Waals surface area contributed by atoms with E-state index in [0.29, 0.717) is 36.5 Å². The number of carbonyl (C=O) groups is 2. The number of carboxylic acid groups (broad SMARTS) is 1. The first-order chi connectivity index (χ1) is 9.54. The monoisotopic (exact) mass is 343 g/mol. The maximum Gasteiger partial charge on any atom is 0.410 e. The normalized spacial score (nSPS) is 14.3. The molecule has 0 atom stereocenters. The van der Waals surface area contributed by atoms with Crippen molar-refractivity contribution in [1.29, 1.82) is 0 Å². The highest BCUT2D eigenvalue weighted by atomic mass is 79.9. The molecule has 0 aromatic carbocycles. The number of amides is 1. The van der Waals surface area contributed by atoms with Gasteiger partial charge in [0.15, 0.2) is 10.4 Å². The summed E-state index contributed by atoms with van der Waals surface area (Å²) in [5, 5.41) is 9.12. The Bertz CT molecular complexity index is 555. The smallest absolute Gasteiger partial charge is 0.410 e. The molecule has 2 heterocycles. The number of carbonyl (C=O) groups excluding carboxylic acids is 1. The van der Waals surface area contributed by atoms with Crippen molar-refractivity contribution >= 4 is 28.0 Å². The molecule has 1 aliphatic rings. The minimum Gasteiger partial charge on any atom is -0.476 e. The zero-order valence-corrected chi connectivity index (χ0v) is 12.3. The van der Waals surface area contributed by atoms with E-state index in [4.69, 9.17) is 9.84 Å². The Morgan fingerprint density at radius 1 is 1.45 bits per heavy atom. The molecule has 0 aliphatic carbocycles. The largest absolute Gasteiger partial charge is 0.476 e. The number of fused-ring (bicyclic) bond motifs is 1. The van der Waals surface area contributed by atoms with E-state index in [2.05, 4.69) is 27.5 Å². The third-order valence-electron chi connectivity index (χ3n) is 3.02. The predicted octanol–water partition coefficient (Wildman–Crippen LogP) is 1.52. The molecule has 1 aliphatic heterocycles. The molecule has 8 heteroatoms. The summed E-state index contributed by atoms with van der Waals surface area (Å²) in [6.07, 6.45) is 1.50. The fraction of sp³-hybridized carbons (Fsp3) is 0.417. The first kappa shape index (κ1) is 14.6. The molecule has 0 saturated heterocycles. The first-order valence-corrected chi connectivity index (χ1v) is 6.84. The average Bonchev–Trinajstić information content (AvgIpc) is 2.61. The van der Waals surface area contributed by atoms with Crippen LogP contribution in [0.5, 0.6) is 0 Å². The number of nitrogens with zero attached hydrogens (tertiary/aromatic N) is 3. The summed E-state index contributed by atoms with van der Waals surface area (Å²) in [7, 11) is 0. The zero-order valence-electron chi connectivity index (χ0n) is 10.7. The third-order valence-corrected chi connectivity index (χ3v) is 3.63. The summed E-state index contributed by atoms with van der Waals surface area (Å²) < 4.78 is 7.22. The van der Waals surface area contributed by atoms with Crippen LogP contribution in [0.4, 0.5) is 4.79 Å². The number of halogens is 1. The van der Waals surface area contributed by atoms with Gasteiger partial charge in [-0.2, -0.15) is 0 Å². The summed E-state index contributed by atoms with van der Waals surface area (Å²) in [6.45, 7) is 4.95. The Morgan fingerprint density at radius 3 is 2.85 bits per heavy atom. The summed E-state index contributed by atoms with van der Waals surface area (Å²) in [5.74, 6) is -1.07. The second kappa shape index (κ2) is 6.08. The average molecular weight is 344 g/mol. The number of hydrogen-bond acceptors (Lipinski definition) is 4. The molecule has 7 nitrogen and oxygen atoms in total. The van der Waals surface area contributed by atoms with Crippen molar-refractivity contribution < 1.29 is 19.4 Å². The van der Waals surface area contributed by atoms with Crippen LogP contribution in [0.25, 0.3) is 0 Å². The molecular weight excluding hydrogens is 330 g/mol. The van der Waals surface area contributed by atoms with Gasteiger partial charge in [-0.15, -0.1) is 0 Å². The Balaban J connectivity index is 2.15. The fourth-order valence-electron chi connectivity index (χ4n) is 2.09. The minimum absolute atomic E-state index is 0.0261. The van der Waals surface area contributed by atoms with Gasteiger partial charge in [-0.1, -0.05) is 12.7 Å². The summed E-state index contributed by atoms with van der Waals surface area (Å²) in [5.41, 5.74) is 0.640. The molecule has 108 valence electrons. The molecule has 1 N–H and O–H groups in total. The van der Waals surface area contributed by atoms with Crippen LogP contribution in [0.15, 0.2) is 17.4 Å². The first-order valence-electron chi connectivity index (χ1n) is 6.05. The number of carboxylic acids is 1. The van der Waals surface area contributed by atoms with Crippen molar-refractivity contribution in [3.05, 3.63) is 28.8 Å². The van der Waals surface area contributed by atoms with E-state index in [1.807, 2.05) is 0 Å². The molecule has 0 unspecified atom stereocenters. The number of imidazole rings is 1. The highest BCUT2D eigenvalue weighted by molar-refractivity contribution is 9.10. The van der Waals surface area contributed by atoms with E-state index in [0.717, 1.165) is 0 Å². The lowest BCUT2D eigenvalue weighted by Crippen LogP contribution is -2.34. The van der Waals surface area contributed by atoms with E-state index in [1.54, 1.807) is 9.47 Å². The lowest BCUT2D eigenvalue weighted by molar-refractivity contribution is 0.0689. The van der Waals surface area contributed by atoms with Gasteiger partial charge in [0.05, 0.1) is 5.69 Å². The number of aromatic nitrogens is 2. The molecule has 0 saturated carbocycles. The standard InChI is InChI=1S/C12H14BrN3O4/c1-2-7-20-12(19)15-4-3-8-9(10(17)18)14-11(13)16(8)6-5-15/h2H,1,3-7H2,(H,17,18). The third kappa shape index (κ3) is 2.84. The van der Waals surface area contributed by atoms with Crippen molar-refractivity contribution in [2.45, 2.75) is 13.0 Å². The minimum atomic E-state index is -1.07. The quantitative estimate of drug-likeness (QED) is 0.841. The molecule has 0 fully saturated rings. The van der Waals surface area contributed by atoms with Crippen LogP contribution in [0, 0.1) is 0 Å². The van der Waals surface area contributed by atoms with Gasteiger partial charge in [0.2, 0.25) is 0 Å². The Labute approximate surface area is 124 Å². The topological polar surface area (TPSA) is 84.7 Å². The van der Waals surface area contributed by atoms with E-state index in [9.17, 15) is 9.59 Å².